The van der Waals surface area contributed by atoms with Crippen LogP contribution < -0.4 is 14.8 Å². The molecule has 1 fully saturated rings. The van der Waals surface area contributed by atoms with Crippen molar-refractivity contribution in [3.8, 4) is 11.5 Å². The lowest BCUT2D eigenvalue weighted by atomic mass is 9.90. The second-order valence-electron chi connectivity index (χ2n) is 13.8. The summed E-state index contributed by atoms with van der Waals surface area (Å²) in [5.41, 5.74) is 2.01. The fraction of sp³-hybridized carbons (Fsp3) is 0.325. The number of halogens is 3. The van der Waals surface area contributed by atoms with Crippen LogP contribution in [0.2, 0.25) is 0 Å². The molecule has 2 heterocycles. The van der Waals surface area contributed by atoms with E-state index in [-0.39, 0.29) is 30.2 Å². The second-order valence-corrected chi connectivity index (χ2v) is 13.8. The molecule has 0 spiro atoms. The molecule has 7 rings (SSSR count). The number of benzene rings is 4. The monoisotopic (exact) mass is 700 g/mol. The van der Waals surface area contributed by atoms with Crippen molar-refractivity contribution < 1.29 is 42.0 Å². The van der Waals surface area contributed by atoms with E-state index in [0.717, 1.165) is 16.8 Å². The number of anilines is 1. The summed E-state index contributed by atoms with van der Waals surface area (Å²) in [6, 6.07) is 28.6. The van der Waals surface area contributed by atoms with Gasteiger partial charge in [0, 0.05) is 29.0 Å². The Kier molecular flexibility index (Phi) is 9.30. The molecule has 1 saturated carbocycles. The molecule has 11 heteroatoms. The number of rotatable bonds is 14. The number of nitrogens with one attached hydrogen (secondary N) is 1. The summed E-state index contributed by atoms with van der Waals surface area (Å²) < 4.78 is 66.0. The highest BCUT2D eigenvalue weighted by atomic mass is 19.3. The van der Waals surface area contributed by atoms with Crippen molar-refractivity contribution in [2.24, 2.45) is 0 Å². The quantitative estimate of drug-likeness (QED) is 0.113. The van der Waals surface area contributed by atoms with E-state index in [4.69, 9.17) is 9.47 Å². The Morgan fingerprint density at radius 2 is 1.55 bits per heavy atom. The number of fused-ring (bicyclic) bond motifs is 2. The topological polar surface area (TPSA) is 91.2 Å². The highest BCUT2D eigenvalue weighted by Crippen LogP contribution is 2.52. The molecule has 266 valence electrons. The van der Waals surface area contributed by atoms with E-state index in [1.807, 2.05) is 80.6 Å². The normalized spacial score (nSPS) is 16.3. The fourth-order valence-corrected chi connectivity index (χ4v) is 6.60. The number of hydrogen-bond acceptors (Lipinski definition) is 6. The first-order valence-electron chi connectivity index (χ1n) is 16.9. The number of nitrogens with zero attached hydrogens (tertiary/aromatic N) is 1. The Hall–Kier alpha value is -4.84. The molecule has 0 bridgehead atoms. The number of alkyl halides is 2. The van der Waals surface area contributed by atoms with Gasteiger partial charge in [-0.25, -0.2) is 4.39 Å². The standard InChI is InChI=1S/C40H39F3N2O6/c1-38(2,25-49-24-27-11-7-4-8-12-27)35-20-28-19-31(30(41)22-32(28)45(35)36(46)15-18-48-23-26-9-5-3-6-10-26)44-37(47)39(16-17-39)29-13-14-33-34(21-29)51-40(42,43)50-33/h3-14,19-22,36,46H,15-18,23-25H2,1-2H3,(H,44,47). The Morgan fingerprint density at radius 3 is 2.22 bits per heavy atom. The van der Waals surface area contributed by atoms with Crippen molar-refractivity contribution in [1.29, 1.82) is 0 Å². The maximum absolute atomic E-state index is 15.9. The lowest BCUT2D eigenvalue weighted by Crippen LogP contribution is -2.29. The summed E-state index contributed by atoms with van der Waals surface area (Å²) in [6.07, 6.45) is -3.67. The highest BCUT2D eigenvalue weighted by Gasteiger charge is 2.53. The van der Waals surface area contributed by atoms with Crippen LogP contribution in [0.25, 0.3) is 10.9 Å². The van der Waals surface area contributed by atoms with Crippen LogP contribution in [0.15, 0.2) is 97.1 Å². The largest absolute Gasteiger partial charge is 0.586 e. The number of aromatic nitrogens is 1. The third-order valence-electron chi connectivity index (χ3n) is 9.51. The first kappa shape index (κ1) is 34.6. The number of aliphatic hydroxyl groups is 1. The molecule has 0 saturated heterocycles. The molecule has 1 aliphatic heterocycles. The maximum Gasteiger partial charge on any atom is 0.586 e. The van der Waals surface area contributed by atoms with Crippen LogP contribution in [0.1, 0.15) is 61.7 Å². The van der Waals surface area contributed by atoms with Crippen LogP contribution in [0, 0.1) is 5.82 Å². The summed E-state index contributed by atoms with van der Waals surface area (Å²) in [7, 11) is 0. The van der Waals surface area contributed by atoms with Gasteiger partial charge in [-0.1, -0.05) is 80.6 Å². The molecule has 8 nitrogen and oxygen atoms in total. The summed E-state index contributed by atoms with van der Waals surface area (Å²) in [5, 5.41) is 14.9. The minimum atomic E-state index is -3.78. The van der Waals surface area contributed by atoms with Gasteiger partial charge in [0.1, 0.15) is 12.0 Å². The minimum absolute atomic E-state index is 0.0337. The molecule has 2 N–H and O–H groups in total. The zero-order chi connectivity index (χ0) is 35.8. The summed E-state index contributed by atoms with van der Waals surface area (Å²) >= 11 is 0. The SMILES string of the molecule is CC(C)(COCc1ccccc1)c1cc2cc(NC(=O)C3(c4ccc5c(c4)OC(F)(F)O5)CC3)c(F)cc2n1C(O)CCOCc1ccccc1. The molecule has 1 aliphatic carbocycles. The van der Waals surface area contributed by atoms with Gasteiger partial charge in [-0.15, -0.1) is 8.78 Å². The van der Waals surface area contributed by atoms with Gasteiger partial charge >= 0.3 is 6.29 Å². The van der Waals surface area contributed by atoms with Crippen molar-refractivity contribution in [1.82, 2.24) is 4.57 Å². The van der Waals surface area contributed by atoms with Crippen molar-refractivity contribution in [2.45, 2.75) is 69.7 Å². The molecule has 1 atom stereocenters. The zero-order valence-corrected chi connectivity index (χ0v) is 28.3. The smallest absolute Gasteiger partial charge is 0.395 e. The average molecular weight is 701 g/mol. The molecule has 1 unspecified atom stereocenters. The third-order valence-corrected chi connectivity index (χ3v) is 9.51. The fourth-order valence-electron chi connectivity index (χ4n) is 6.60. The Balaban J connectivity index is 1.14. The Labute approximate surface area is 293 Å². The lowest BCUT2D eigenvalue weighted by molar-refractivity contribution is -0.286. The summed E-state index contributed by atoms with van der Waals surface area (Å²) in [6.45, 7) is 5.36. The molecule has 4 aromatic carbocycles. The molecule has 1 aromatic heterocycles. The van der Waals surface area contributed by atoms with Gasteiger partial charge in [0.15, 0.2) is 11.5 Å². The van der Waals surface area contributed by atoms with Gasteiger partial charge in [0.2, 0.25) is 5.91 Å². The van der Waals surface area contributed by atoms with E-state index in [2.05, 4.69) is 14.8 Å². The molecule has 51 heavy (non-hydrogen) atoms. The van der Waals surface area contributed by atoms with E-state index in [1.165, 1.54) is 18.2 Å². The second kappa shape index (κ2) is 13.7. The molecule has 5 aromatic rings. The highest BCUT2D eigenvalue weighted by molar-refractivity contribution is 6.03. The molecule has 1 amide bonds. The van der Waals surface area contributed by atoms with Crippen molar-refractivity contribution in [3.63, 3.8) is 0 Å². The van der Waals surface area contributed by atoms with Gasteiger partial charge < -0.3 is 33.9 Å². The van der Waals surface area contributed by atoms with Crippen molar-refractivity contribution in [3.05, 3.63) is 125 Å². The minimum Gasteiger partial charge on any atom is -0.395 e. The number of ether oxygens (including phenoxy) is 4. The Morgan fingerprint density at radius 1 is 0.902 bits per heavy atom. The van der Waals surface area contributed by atoms with Crippen LogP contribution in [-0.2, 0) is 38.3 Å². The maximum atomic E-state index is 15.9. The van der Waals surface area contributed by atoms with Crippen LogP contribution in [-0.4, -0.2) is 35.1 Å². The molecule has 0 radical (unpaired) electrons. The number of hydrogen-bond donors (Lipinski definition) is 2. The van der Waals surface area contributed by atoms with Crippen LogP contribution in [0.4, 0.5) is 18.9 Å². The van der Waals surface area contributed by atoms with E-state index < -0.39 is 35.1 Å². The van der Waals surface area contributed by atoms with E-state index >= 15 is 4.39 Å². The average Bonchev–Trinajstić information content (AvgIpc) is 3.74. The first-order chi connectivity index (χ1) is 24.4. The first-order valence-corrected chi connectivity index (χ1v) is 16.9. The van der Waals surface area contributed by atoms with Crippen molar-refractivity contribution >= 4 is 22.5 Å². The van der Waals surface area contributed by atoms with Gasteiger partial charge in [-0.3, -0.25) is 4.79 Å². The van der Waals surface area contributed by atoms with Crippen LogP contribution in [0.3, 0.4) is 0 Å². The van der Waals surface area contributed by atoms with Gasteiger partial charge in [0.05, 0.1) is 43.0 Å². The van der Waals surface area contributed by atoms with Gasteiger partial charge in [-0.05, 0) is 53.8 Å². The van der Waals surface area contributed by atoms with Gasteiger partial charge in [-0.2, -0.15) is 0 Å². The van der Waals surface area contributed by atoms with Crippen LogP contribution in [0.5, 0.6) is 11.5 Å². The van der Waals surface area contributed by atoms with Crippen LogP contribution >= 0.6 is 0 Å². The number of amides is 1. The number of carbonyl (C=O) groups is 1. The summed E-state index contributed by atoms with van der Waals surface area (Å²) in [4.78, 5) is 13.7. The van der Waals surface area contributed by atoms with E-state index in [1.54, 1.807) is 16.7 Å². The van der Waals surface area contributed by atoms with Gasteiger partial charge in [0.25, 0.3) is 0 Å². The Bertz CT molecular complexity index is 2030. The molecular formula is C40H39F3N2O6. The summed E-state index contributed by atoms with van der Waals surface area (Å²) in [5.74, 6) is -1.42. The predicted octanol–water partition coefficient (Wildman–Crippen LogP) is 8.36. The third kappa shape index (κ3) is 7.33. The molecule has 2 aliphatic rings. The number of carbonyl (C=O) groups excluding carboxylic acids is 1. The number of aliphatic hydroxyl groups excluding tert-OH is 1. The molecular weight excluding hydrogens is 661 g/mol. The lowest BCUT2D eigenvalue weighted by Gasteiger charge is -2.29. The van der Waals surface area contributed by atoms with Crippen molar-refractivity contribution in [2.75, 3.05) is 18.5 Å². The predicted molar refractivity (Wildman–Crippen MR) is 185 cm³/mol. The zero-order valence-electron chi connectivity index (χ0n) is 28.3. The van der Waals surface area contributed by atoms with E-state index in [9.17, 15) is 18.7 Å². The van der Waals surface area contributed by atoms with E-state index in [0.29, 0.717) is 49.1 Å².